The summed E-state index contributed by atoms with van der Waals surface area (Å²) in [6.45, 7) is 0. The summed E-state index contributed by atoms with van der Waals surface area (Å²) < 4.78 is 0. The Morgan fingerprint density at radius 2 is 1.89 bits per heavy atom. The second-order valence-corrected chi connectivity index (χ2v) is 5.37. The third-order valence-electron chi connectivity index (χ3n) is 2.58. The molecule has 2 rings (SSSR count). The number of hydrogen-bond acceptors (Lipinski definition) is 3. The lowest BCUT2D eigenvalue weighted by Crippen LogP contribution is -1.89. The molecule has 18 heavy (non-hydrogen) atoms. The SMILES string of the molecule is Nc1cc(CSCc2ccccc2Cl)ccc1O. The van der Waals surface area contributed by atoms with Crippen LogP contribution in [0.25, 0.3) is 0 Å². The first-order chi connectivity index (χ1) is 8.66. The first-order valence-corrected chi connectivity index (χ1v) is 7.08. The summed E-state index contributed by atoms with van der Waals surface area (Å²) in [5.74, 6) is 1.84. The first kappa shape index (κ1) is 13.1. The van der Waals surface area contributed by atoms with E-state index in [4.69, 9.17) is 17.3 Å². The van der Waals surface area contributed by atoms with Crippen LogP contribution in [0.5, 0.6) is 5.75 Å². The number of phenolic OH excluding ortho intramolecular Hbond substituents is 1. The standard InChI is InChI=1S/C14H14ClNOS/c15-12-4-2-1-3-11(12)9-18-8-10-5-6-14(17)13(16)7-10/h1-7,17H,8-9,16H2. The number of halogens is 1. The van der Waals surface area contributed by atoms with Gasteiger partial charge in [0.05, 0.1) is 5.69 Å². The maximum atomic E-state index is 9.33. The Balaban J connectivity index is 1.92. The molecule has 2 aromatic carbocycles. The maximum Gasteiger partial charge on any atom is 0.138 e. The number of nitrogen functional groups attached to an aromatic ring is 1. The Kier molecular flexibility index (Phi) is 4.39. The van der Waals surface area contributed by atoms with E-state index in [0.29, 0.717) is 5.69 Å². The number of benzene rings is 2. The highest BCUT2D eigenvalue weighted by molar-refractivity contribution is 7.97. The van der Waals surface area contributed by atoms with Crippen molar-refractivity contribution >= 4 is 29.1 Å². The Labute approximate surface area is 116 Å². The van der Waals surface area contributed by atoms with Crippen molar-refractivity contribution in [3.8, 4) is 5.75 Å². The molecule has 2 aromatic rings. The van der Waals surface area contributed by atoms with E-state index in [9.17, 15) is 5.11 Å². The van der Waals surface area contributed by atoms with Gasteiger partial charge >= 0.3 is 0 Å². The van der Waals surface area contributed by atoms with Crippen molar-refractivity contribution in [2.45, 2.75) is 11.5 Å². The van der Waals surface area contributed by atoms with Gasteiger partial charge in [0, 0.05) is 16.5 Å². The van der Waals surface area contributed by atoms with Crippen LogP contribution in [-0.4, -0.2) is 5.11 Å². The molecule has 0 saturated carbocycles. The quantitative estimate of drug-likeness (QED) is 0.655. The van der Waals surface area contributed by atoms with Gasteiger partial charge in [0.15, 0.2) is 0 Å². The lowest BCUT2D eigenvalue weighted by atomic mass is 10.2. The fourth-order valence-electron chi connectivity index (χ4n) is 1.59. The third kappa shape index (κ3) is 3.34. The molecule has 0 aliphatic carbocycles. The van der Waals surface area contributed by atoms with Crippen LogP contribution >= 0.6 is 23.4 Å². The second kappa shape index (κ2) is 6.03. The minimum Gasteiger partial charge on any atom is -0.506 e. The highest BCUT2D eigenvalue weighted by Gasteiger charge is 2.02. The Hall–Kier alpha value is -1.32. The van der Waals surface area contributed by atoms with Gasteiger partial charge in [0.25, 0.3) is 0 Å². The molecule has 2 nitrogen and oxygen atoms in total. The first-order valence-electron chi connectivity index (χ1n) is 5.55. The highest BCUT2D eigenvalue weighted by Crippen LogP contribution is 2.26. The second-order valence-electron chi connectivity index (χ2n) is 3.98. The molecule has 3 N–H and O–H groups in total. The van der Waals surface area contributed by atoms with Crippen molar-refractivity contribution in [2.75, 3.05) is 5.73 Å². The summed E-state index contributed by atoms with van der Waals surface area (Å²) in [7, 11) is 0. The van der Waals surface area contributed by atoms with E-state index in [1.54, 1.807) is 23.9 Å². The van der Waals surface area contributed by atoms with Gasteiger partial charge in [-0.1, -0.05) is 35.9 Å². The third-order valence-corrected chi connectivity index (χ3v) is 4.00. The summed E-state index contributed by atoms with van der Waals surface area (Å²) in [5.41, 5.74) is 8.30. The van der Waals surface area contributed by atoms with Gasteiger partial charge in [-0.2, -0.15) is 11.8 Å². The van der Waals surface area contributed by atoms with E-state index >= 15 is 0 Å². The van der Waals surface area contributed by atoms with Crippen LogP contribution < -0.4 is 5.73 Å². The zero-order chi connectivity index (χ0) is 13.0. The fourth-order valence-corrected chi connectivity index (χ4v) is 2.86. The Morgan fingerprint density at radius 1 is 1.11 bits per heavy atom. The number of phenols is 1. The molecular formula is C14H14ClNOS. The smallest absolute Gasteiger partial charge is 0.138 e. The van der Waals surface area contributed by atoms with E-state index in [0.717, 1.165) is 27.7 Å². The Morgan fingerprint density at radius 3 is 2.61 bits per heavy atom. The van der Waals surface area contributed by atoms with Crippen molar-refractivity contribution in [1.29, 1.82) is 0 Å². The minimum absolute atomic E-state index is 0.134. The molecule has 0 fully saturated rings. The molecule has 0 unspecified atom stereocenters. The van der Waals surface area contributed by atoms with Gasteiger partial charge in [-0.05, 0) is 29.3 Å². The molecule has 94 valence electrons. The van der Waals surface area contributed by atoms with Crippen LogP contribution in [0.2, 0.25) is 5.02 Å². The largest absolute Gasteiger partial charge is 0.506 e. The number of hydrogen-bond donors (Lipinski definition) is 2. The molecule has 0 aromatic heterocycles. The summed E-state index contributed by atoms with van der Waals surface area (Å²) in [5, 5.41) is 10.1. The summed E-state index contributed by atoms with van der Waals surface area (Å²) in [4.78, 5) is 0. The minimum atomic E-state index is 0.134. The summed E-state index contributed by atoms with van der Waals surface area (Å²) in [6.07, 6.45) is 0. The molecule has 4 heteroatoms. The van der Waals surface area contributed by atoms with Crippen LogP contribution in [0.3, 0.4) is 0 Å². The van der Waals surface area contributed by atoms with Crippen LogP contribution in [0.4, 0.5) is 5.69 Å². The normalized spacial score (nSPS) is 10.5. The number of aromatic hydroxyl groups is 1. The van der Waals surface area contributed by atoms with E-state index in [-0.39, 0.29) is 5.75 Å². The molecule has 0 bridgehead atoms. The fraction of sp³-hybridized carbons (Fsp3) is 0.143. The van der Waals surface area contributed by atoms with Gasteiger partial charge < -0.3 is 10.8 Å². The van der Waals surface area contributed by atoms with E-state index < -0.39 is 0 Å². The molecule has 0 amide bonds. The maximum absolute atomic E-state index is 9.33. The van der Waals surface area contributed by atoms with Gasteiger partial charge in [0.2, 0.25) is 0 Å². The average molecular weight is 280 g/mol. The molecule has 0 atom stereocenters. The lowest BCUT2D eigenvalue weighted by Gasteiger charge is -2.06. The lowest BCUT2D eigenvalue weighted by molar-refractivity contribution is 0.478. The number of nitrogens with two attached hydrogens (primary N) is 1. The predicted octanol–water partition coefficient (Wildman–Crippen LogP) is 4.06. The van der Waals surface area contributed by atoms with Gasteiger partial charge in [-0.25, -0.2) is 0 Å². The van der Waals surface area contributed by atoms with Crippen molar-refractivity contribution in [3.05, 3.63) is 58.6 Å². The molecule has 0 spiro atoms. The van der Waals surface area contributed by atoms with E-state index in [1.165, 1.54) is 0 Å². The van der Waals surface area contributed by atoms with E-state index in [1.807, 2.05) is 30.3 Å². The zero-order valence-electron chi connectivity index (χ0n) is 9.77. The number of thioether (sulfide) groups is 1. The van der Waals surface area contributed by atoms with Crippen molar-refractivity contribution in [1.82, 2.24) is 0 Å². The predicted molar refractivity (Wildman–Crippen MR) is 79.0 cm³/mol. The van der Waals surface area contributed by atoms with Crippen molar-refractivity contribution < 1.29 is 5.11 Å². The van der Waals surface area contributed by atoms with Crippen LogP contribution in [0, 0.1) is 0 Å². The highest BCUT2D eigenvalue weighted by atomic mass is 35.5. The molecule has 0 aliphatic rings. The van der Waals surface area contributed by atoms with Crippen LogP contribution in [-0.2, 0) is 11.5 Å². The van der Waals surface area contributed by atoms with Gasteiger partial charge in [-0.3, -0.25) is 0 Å². The van der Waals surface area contributed by atoms with Crippen LogP contribution in [0.1, 0.15) is 11.1 Å². The van der Waals surface area contributed by atoms with Gasteiger partial charge in [0.1, 0.15) is 5.75 Å². The molecule has 0 radical (unpaired) electrons. The van der Waals surface area contributed by atoms with Crippen molar-refractivity contribution in [2.24, 2.45) is 0 Å². The monoisotopic (exact) mass is 279 g/mol. The van der Waals surface area contributed by atoms with Crippen molar-refractivity contribution in [3.63, 3.8) is 0 Å². The molecule has 0 saturated heterocycles. The summed E-state index contributed by atoms with van der Waals surface area (Å²) >= 11 is 7.85. The Bertz CT molecular complexity index is 545. The zero-order valence-corrected chi connectivity index (χ0v) is 11.3. The van der Waals surface area contributed by atoms with E-state index in [2.05, 4.69) is 0 Å². The average Bonchev–Trinajstić information content (AvgIpc) is 2.36. The van der Waals surface area contributed by atoms with Crippen LogP contribution in [0.15, 0.2) is 42.5 Å². The van der Waals surface area contributed by atoms with Gasteiger partial charge in [-0.15, -0.1) is 0 Å². The molecular weight excluding hydrogens is 266 g/mol. The number of rotatable bonds is 4. The summed E-state index contributed by atoms with van der Waals surface area (Å²) in [6, 6.07) is 13.1. The molecule has 0 aliphatic heterocycles. The molecule has 0 heterocycles. The topological polar surface area (TPSA) is 46.2 Å². The number of anilines is 1.